The zero-order valence-corrected chi connectivity index (χ0v) is 17.8. The Labute approximate surface area is 182 Å². The molecular weight excluding hydrogens is 388 g/mol. The molecule has 2 N–H and O–H groups in total. The van der Waals surface area contributed by atoms with Crippen molar-refractivity contribution < 1.29 is 14.3 Å². The van der Waals surface area contributed by atoms with E-state index in [1.807, 2.05) is 36.4 Å². The van der Waals surface area contributed by atoms with Gasteiger partial charge in [-0.05, 0) is 53.8 Å². The van der Waals surface area contributed by atoms with Crippen LogP contribution in [-0.4, -0.2) is 25.5 Å². The van der Waals surface area contributed by atoms with E-state index in [1.165, 1.54) is 19.3 Å². The van der Waals surface area contributed by atoms with Crippen LogP contribution in [0.3, 0.4) is 0 Å². The number of nitrogens with one attached hydrogen (secondary N) is 2. The molecule has 0 aromatic heterocycles. The number of benzene rings is 3. The maximum atomic E-state index is 13.1. The monoisotopic (exact) mass is 416 g/mol. The second-order valence-corrected chi connectivity index (χ2v) is 8.11. The molecule has 0 aliphatic heterocycles. The lowest BCUT2D eigenvalue weighted by Gasteiger charge is -2.22. The SMILES string of the molecule is COc1ccc(NC(=O)c2cccc3ccccc23)c(C(=O)NCC2CCCCC2)c1. The molecule has 5 heteroatoms. The molecule has 31 heavy (non-hydrogen) atoms. The summed E-state index contributed by atoms with van der Waals surface area (Å²) in [5, 5.41) is 7.86. The Morgan fingerprint density at radius 1 is 0.903 bits per heavy atom. The molecule has 4 rings (SSSR count). The van der Waals surface area contributed by atoms with E-state index in [0.717, 1.165) is 23.6 Å². The van der Waals surface area contributed by atoms with Gasteiger partial charge in [-0.3, -0.25) is 9.59 Å². The van der Waals surface area contributed by atoms with E-state index in [2.05, 4.69) is 10.6 Å². The Balaban J connectivity index is 1.56. The van der Waals surface area contributed by atoms with E-state index in [0.29, 0.717) is 35.0 Å². The molecule has 0 heterocycles. The Morgan fingerprint density at radius 2 is 1.68 bits per heavy atom. The van der Waals surface area contributed by atoms with Crippen LogP contribution in [0, 0.1) is 5.92 Å². The van der Waals surface area contributed by atoms with E-state index in [-0.39, 0.29) is 11.8 Å². The zero-order valence-electron chi connectivity index (χ0n) is 17.8. The number of ether oxygens (including phenoxy) is 1. The fourth-order valence-electron chi connectivity index (χ4n) is 4.28. The van der Waals surface area contributed by atoms with Gasteiger partial charge in [-0.1, -0.05) is 55.7 Å². The first-order chi connectivity index (χ1) is 15.2. The van der Waals surface area contributed by atoms with Crippen molar-refractivity contribution in [2.24, 2.45) is 5.92 Å². The van der Waals surface area contributed by atoms with E-state index < -0.39 is 0 Å². The van der Waals surface area contributed by atoms with Crippen LogP contribution in [0.15, 0.2) is 60.7 Å². The van der Waals surface area contributed by atoms with Crippen molar-refractivity contribution in [3.05, 3.63) is 71.8 Å². The lowest BCUT2D eigenvalue weighted by atomic mass is 9.89. The minimum atomic E-state index is -0.247. The van der Waals surface area contributed by atoms with Crippen molar-refractivity contribution in [2.45, 2.75) is 32.1 Å². The molecule has 0 atom stereocenters. The fraction of sp³-hybridized carbons (Fsp3) is 0.308. The number of methoxy groups -OCH3 is 1. The van der Waals surface area contributed by atoms with Crippen molar-refractivity contribution in [2.75, 3.05) is 19.0 Å². The topological polar surface area (TPSA) is 67.4 Å². The predicted molar refractivity (Wildman–Crippen MR) is 124 cm³/mol. The third kappa shape index (κ3) is 4.88. The number of amides is 2. The molecule has 2 amide bonds. The summed E-state index contributed by atoms with van der Waals surface area (Å²) in [6.45, 7) is 0.659. The van der Waals surface area contributed by atoms with Gasteiger partial charge < -0.3 is 15.4 Å². The molecular formula is C26H28N2O3. The molecule has 1 aliphatic carbocycles. The smallest absolute Gasteiger partial charge is 0.256 e. The van der Waals surface area contributed by atoms with Gasteiger partial charge in [0.05, 0.1) is 18.4 Å². The van der Waals surface area contributed by atoms with Crippen molar-refractivity contribution in [3.8, 4) is 5.75 Å². The second-order valence-electron chi connectivity index (χ2n) is 8.11. The lowest BCUT2D eigenvalue weighted by molar-refractivity contribution is 0.0944. The Kier molecular flexibility index (Phi) is 6.51. The molecule has 0 bridgehead atoms. The first-order valence-electron chi connectivity index (χ1n) is 10.9. The largest absolute Gasteiger partial charge is 0.497 e. The molecule has 0 radical (unpaired) electrons. The fourth-order valence-corrected chi connectivity index (χ4v) is 4.28. The highest BCUT2D eigenvalue weighted by Crippen LogP contribution is 2.26. The van der Waals surface area contributed by atoms with Crippen molar-refractivity contribution in [3.63, 3.8) is 0 Å². The van der Waals surface area contributed by atoms with Crippen LogP contribution >= 0.6 is 0 Å². The Bertz CT molecular complexity index is 1080. The van der Waals surface area contributed by atoms with Crippen LogP contribution in [0.2, 0.25) is 0 Å². The van der Waals surface area contributed by atoms with E-state index >= 15 is 0 Å². The Morgan fingerprint density at radius 3 is 2.48 bits per heavy atom. The number of rotatable bonds is 6. The lowest BCUT2D eigenvalue weighted by Crippen LogP contribution is -2.31. The predicted octanol–water partition coefficient (Wildman–Crippen LogP) is 5.41. The molecule has 160 valence electrons. The van der Waals surface area contributed by atoms with Gasteiger partial charge in [-0.15, -0.1) is 0 Å². The number of fused-ring (bicyclic) bond motifs is 1. The van der Waals surface area contributed by atoms with Crippen LogP contribution in [0.1, 0.15) is 52.8 Å². The van der Waals surface area contributed by atoms with Gasteiger partial charge in [0, 0.05) is 12.1 Å². The van der Waals surface area contributed by atoms with Crippen LogP contribution in [-0.2, 0) is 0 Å². The maximum Gasteiger partial charge on any atom is 0.256 e. The van der Waals surface area contributed by atoms with Crippen molar-refractivity contribution in [1.29, 1.82) is 0 Å². The van der Waals surface area contributed by atoms with Crippen LogP contribution < -0.4 is 15.4 Å². The molecule has 0 unspecified atom stereocenters. The molecule has 5 nitrogen and oxygen atoms in total. The summed E-state index contributed by atoms with van der Waals surface area (Å²) >= 11 is 0. The summed E-state index contributed by atoms with van der Waals surface area (Å²) in [5.74, 6) is 0.656. The molecule has 3 aromatic rings. The number of hydrogen-bond donors (Lipinski definition) is 2. The van der Waals surface area contributed by atoms with Crippen LogP contribution in [0.4, 0.5) is 5.69 Å². The van der Waals surface area contributed by atoms with E-state index in [1.54, 1.807) is 31.4 Å². The summed E-state index contributed by atoms with van der Waals surface area (Å²) in [4.78, 5) is 26.1. The molecule has 0 saturated heterocycles. The molecule has 1 saturated carbocycles. The van der Waals surface area contributed by atoms with Crippen molar-refractivity contribution >= 4 is 28.3 Å². The first kappa shape index (κ1) is 20.9. The van der Waals surface area contributed by atoms with E-state index in [4.69, 9.17) is 4.74 Å². The average molecular weight is 417 g/mol. The van der Waals surface area contributed by atoms with Gasteiger partial charge >= 0.3 is 0 Å². The third-order valence-electron chi connectivity index (χ3n) is 6.03. The van der Waals surface area contributed by atoms with Crippen LogP contribution in [0.5, 0.6) is 5.75 Å². The van der Waals surface area contributed by atoms with Crippen LogP contribution in [0.25, 0.3) is 10.8 Å². The van der Waals surface area contributed by atoms with Gasteiger partial charge in [0.1, 0.15) is 5.75 Å². The summed E-state index contributed by atoms with van der Waals surface area (Å²) in [7, 11) is 1.56. The normalized spacial score (nSPS) is 14.2. The molecule has 0 spiro atoms. The summed E-state index contributed by atoms with van der Waals surface area (Å²) in [6.07, 6.45) is 6.05. The maximum absolute atomic E-state index is 13.1. The molecule has 1 aliphatic rings. The summed E-state index contributed by atoms with van der Waals surface area (Å²) in [6, 6.07) is 18.5. The van der Waals surface area contributed by atoms with Gasteiger partial charge in [-0.2, -0.15) is 0 Å². The van der Waals surface area contributed by atoms with Gasteiger partial charge in [0.2, 0.25) is 0 Å². The van der Waals surface area contributed by atoms with Gasteiger partial charge in [0.25, 0.3) is 11.8 Å². The highest BCUT2D eigenvalue weighted by Gasteiger charge is 2.19. The average Bonchev–Trinajstić information content (AvgIpc) is 2.83. The highest BCUT2D eigenvalue weighted by molar-refractivity contribution is 6.14. The minimum Gasteiger partial charge on any atom is -0.497 e. The van der Waals surface area contributed by atoms with Crippen molar-refractivity contribution in [1.82, 2.24) is 5.32 Å². The highest BCUT2D eigenvalue weighted by atomic mass is 16.5. The van der Waals surface area contributed by atoms with E-state index in [9.17, 15) is 9.59 Å². The standard InChI is InChI=1S/C26H28N2O3/c1-31-20-14-15-24(23(16-20)25(29)27-17-18-8-3-2-4-9-18)28-26(30)22-13-7-11-19-10-5-6-12-21(19)22/h5-7,10-16,18H,2-4,8-9,17H2,1H3,(H,27,29)(H,28,30). The zero-order chi connectivity index (χ0) is 21.6. The summed E-state index contributed by atoms with van der Waals surface area (Å²) in [5.41, 5.74) is 1.45. The number of carbonyl (C=O) groups excluding carboxylic acids is 2. The second kappa shape index (κ2) is 9.65. The number of hydrogen-bond acceptors (Lipinski definition) is 3. The summed E-state index contributed by atoms with van der Waals surface area (Å²) < 4.78 is 5.31. The van der Waals surface area contributed by atoms with Gasteiger partial charge in [-0.25, -0.2) is 0 Å². The minimum absolute atomic E-state index is 0.197. The Hall–Kier alpha value is -3.34. The third-order valence-corrected chi connectivity index (χ3v) is 6.03. The number of carbonyl (C=O) groups is 2. The first-order valence-corrected chi connectivity index (χ1v) is 10.9. The number of anilines is 1. The molecule has 3 aromatic carbocycles. The molecule has 1 fully saturated rings. The van der Waals surface area contributed by atoms with Gasteiger partial charge in [0.15, 0.2) is 0 Å². The quantitative estimate of drug-likeness (QED) is 0.564.